The van der Waals surface area contributed by atoms with Crippen LogP contribution < -0.4 is 11.1 Å². The maximum atomic E-state index is 12.4. The van der Waals surface area contributed by atoms with Crippen LogP contribution in [0.3, 0.4) is 0 Å². The number of anilines is 1. The Bertz CT molecular complexity index is 583. The van der Waals surface area contributed by atoms with Gasteiger partial charge in [0, 0.05) is 12.8 Å². The third kappa shape index (κ3) is 5.20. The molecule has 0 bridgehead atoms. The van der Waals surface area contributed by atoms with Crippen LogP contribution >= 0.6 is 12.4 Å². The van der Waals surface area contributed by atoms with Gasteiger partial charge >= 0.3 is 5.76 Å². The van der Waals surface area contributed by atoms with Crippen LogP contribution in [0.5, 0.6) is 0 Å². The Morgan fingerprint density at radius 1 is 1.43 bits per heavy atom. The normalized spacial score (nSPS) is 12.6. The molecule has 120 valence electrons. The summed E-state index contributed by atoms with van der Waals surface area (Å²) in [6.07, 6.45) is 0. The molecule has 0 heterocycles. The molecule has 6 nitrogen and oxygen atoms in total. The minimum absolute atomic E-state index is 0. The molecule has 0 saturated carbocycles. The molecule has 0 aromatic heterocycles. The fourth-order valence-corrected chi connectivity index (χ4v) is 2.11. The quantitative estimate of drug-likeness (QED) is 0.802. The molecule has 10 heteroatoms. The van der Waals surface area contributed by atoms with E-state index in [4.69, 9.17) is 10.5 Å². The SMILES string of the molecule is COCC(N)C(=O)Nc1cccc(S(=O)(=O)C(F)F)c1.Cl. The lowest BCUT2D eigenvalue weighted by Crippen LogP contribution is -2.39. The Morgan fingerprint density at radius 3 is 2.57 bits per heavy atom. The number of sulfone groups is 1. The van der Waals surface area contributed by atoms with Gasteiger partial charge in [0.05, 0.1) is 11.5 Å². The Kier molecular flexibility index (Phi) is 7.72. The molecule has 0 aliphatic rings. The maximum Gasteiger partial charge on any atom is 0.341 e. The van der Waals surface area contributed by atoms with E-state index < -0.39 is 32.4 Å². The molecule has 0 aliphatic carbocycles. The Balaban J connectivity index is 0.00000400. The first-order chi connectivity index (χ1) is 9.28. The number of ether oxygens (including phenoxy) is 1. The predicted molar refractivity (Wildman–Crippen MR) is 75.4 cm³/mol. The molecule has 1 atom stereocenters. The molecule has 0 saturated heterocycles. The van der Waals surface area contributed by atoms with E-state index >= 15 is 0 Å². The number of nitrogens with one attached hydrogen (secondary N) is 1. The summed E-state index contributed by atoms with van der Waals surface area (Å²) in [4.78, 5) is 11.0. The number of carbonyl (C=O) groups excluding carboxylic acids is 1. The van der Waals surface area contributed by atoms with Crippen molar-refractivity contribution in [1.82, 2.24) is 0 Å². The molecule has 3 N–H and O–H groups in total. The summed E-state index contributed by atoms with van der Waals surface area (Å²) >= 11 is 0. The zero-order valence-corrected chi connectivity index (χ0v) is 12.6. The van der Waals surface area contributed by atoms with Gasteiger partial charge in [-0.3, -0.25) is 4.79 Å². The van der Waals surface area contributed by atoms with Crippen LogP contribution in [0.1, 0.15) is 0 Å². The van der Waals surface area contributed by atoms with Crippen LogP contribution in [-0.4, -0.2) is 39.8 Å². The molecule has 1 aromatic rings. The number of carbonyl (C=O) groups is 1. The van der Waals surface area contributed by atoms with E-state index in [1.54, 1.807) is 0 Å². The van der Waals surface area contributed by atoms with Crippen LogP contribution in [0.25, 0.3) is 0 Å². The van der Waals surface area contributed by atoms with E-state index in [2.05, 4.69) is 5.32 Å². The highest BCUT2D eigenvalue weighted by atomic mass is 35.5. The van der Waals surface area contributed by atoms with Crippen molar-refractivity contribution in [3.05, 3.63) is 24.3 Å². The second-order valence-electron chi connectivity index (χ2n) is 3.88. The van der Waals surface area contributed by atoms with Gasteiger partial charge < -0.3 is 15.8 Å². The molecule has 1 aromatic carbocycles. The minimum Gasteiger partial charge on any atom is -0.383 e. The molecular weight excluding hydrogens is 330 g/mol. The van der Waals surface area contributed by atoms with E-state index in [0.717, 1.165) is 12.1 Å². The summed E-state index contributed by atoms with van der Waals surface area (Å²) in [5, 5.41) is 2.32. The number of nitrogens with two attached hydrogens (primary N) is 1. The monoisotopic (exact) mass is 344 g/mol. The molecule has 0 radical (unpaired) electrons. The highest BCUT2D eigenvalue weighted by molar-refractivity contribution is 7.91. The second kappa shape index (κ2) is 8.23. The van der Waals surface area contributed by atoms with Gasteiger partial charge in [-0.2, -0.15) is 8.78 Å². The third-order valence-electron chi connectivity index (χ3n) is 2.35. The van der Waals surface area contributed by atoms with Gasteiger partial charge in [0.2, 0.25) is 15.7 Å². The van der Waals surface area contributed by atoms with Crippen molar-refractivity contribution in [2.24, 2.45) is 5.73 Å². The fourth-order valence-electron chi connectivity index (χ4n) is 1.34. The van der Waals surface area contributed by atoms with E-state index in [-0.39, 0.29) is 24.7 Å². The smallest absolute Gasteiger partial charge is 0.341 e. The number of halogens is 3. The van der Waals surface area contributed by atoms with Gasteiger partial charge in [0.1, 0.15) is 6.04 Å². The van der Waals surface area contributed by atoms with Crippen LogP contribution in [0.2, 0.25) is 0 Å². The zero-order chi connectivity index (χ0) is 15.3. The van der Waals surface area contributed by atoms with Gasteiger partial charge in [-0.1, -0.05) is 6.07 Å². The van der Waals surface area contributed by atoms with Crippen LogP contribution in [0.4, 0.5) is 14.5 Å². The largest absolute Gasteiger partial charge is 0.383 e. The molecule has 0 spiro atoms. The predicted octanol–water partition coefficient (Wildman–Crippen LogP) is 1.02. The molecule has 1 amide bonds. The van der Waals surface area contributed by atoms with Crippen LogP contribution in [-0.2, 0) is 19.4 Å². The fraction of sp³-hybridized carbons (Fsp3) is 0.364. The summed E-state index contributed by atoms with van der Waals surface area (Å²) in [5.74, 6) is -4.14. The average molecular weight is 345 g/mol. The lowest BCUT2D eigenvalue weighted by Gasteiger charge is -2.12. The molecule has 0 aliphatic heterocycles. The van der Waals surface area contributed by atoms with E-state index in [1.165, 1.54) is 19.2 Å². The van der Waals surface area contributed by atoms with E-state index in [1.807, 2.05) is 0 Å². The molecule has 1 unspecified atom stereocenters. The zero-order valence-electron chi connectivity index (χ0n) is 11.0. The van der Waals surface area contributed by atoms with Crippen LogP contribution in [0.15, 0.2) is 29.2 Å². The number of benzene rings is 1. The number of hydrogen-bond donors (Lipinski definition) is 2. The molecule has 0 fully saturated rings. The summed E-state index contributed by atoms with van der Waals surface area (Å²) in [6.45, 7) is -0.0269. The first-order valence-electron chi connectivity index (χ1n) is 5.46. The first-order valence-corrected chi connectivity index (χ1v) is 7.01. The molecule has 21 heavy (non-hydrogen) atoms. The highest BCUT2D eigenvalue weighted by Gasteiger charge is 2.26. The standard InChI is InChI=1S/C11H14F2N2O4S.ClH/c1-19-6-9(14)10(16)15-7-3-2-4-8(5-7)20(17,18)11(12)13;/h2-5,9,11H,6,14H2,1H3,(H,15,16);1H. The van der Waals surface area contributed by atoms with Crippen molar-refractivity contribution in [1.29, 1.82) is 0 Å². The summed E-state index contributed by atoms with van der Waals surface area (Å²) < 4.78 is 52.1. The topological polar surface area (TPSA) is 98.5 Å². The molecule has 1 rings (SSSR count). The van der Waals surface area contributed by atoms with E-state index in [9.17, 15) is 22.0 Å². The number of methoxy groups -OCH3 is 1. The van der Waals surface area contributed by atoms with Gasteiger partial charge in [-0.05, 0) is 18.2 Å². The Hall–Kier alpha value is -1.29. The number of alkyl halides is 2. The minimum atomic E-state index is -4.71. The summed E-state index contributed by atoms with van der Waals surface area (Å²) in [6, 6.07) is 3.62. The van der Waals surface area contributed by atoms with E-state index in [0.29, 0.717) is 0 Å². The van der Waals surface area contributed by atoms with Crippen molar-refractivity contribution >= 4 is 33.8 Å². The summed E-state index contributed by atoms with van der Waals surface area (Å²) in [5.41, 5.74) is 5.53. The Labute approximate surface area is 127 Å². The lowest BCUT2D eigenvalue weighted by molar-refractivity contribution is -0.118. The van der Waals surface area contributed by atoms with Gasteiger partial charge in [0.15, 0.2) is 0 Å². The second-order valence-corrected chi connectivity index (χ2v) is 5.80. The lowest BCUT2D eigenvalue weighted by atomic mass is 10.2. The molecular formula is C11H15ClF2N2O4S. The third-order valence-corrected chi connectivity index (χ3v) is 3.73. The van der Waals surface area contributed by atoms with Gasteiger partial charge in [-0.15, -0.1) is 12.4 Å². The van der Waals surface area contributed by atoms with Gasteiger partial charge in [-0.25, -0.2) is 8.42 Å². The first kappa shape index (κ1) is 19.7. The van der Waals surface area contributed by atoms with Crippen molar-refractivity contribution in [3.8, 4) is 0 Å². The summed E-state index contributed by atoms with van der Waals surface area (Å²) in [7, 11) is -3.34. The number of amides is 1. The highest BCUT2D eigenvalue weighted by Crippen LogP contribution is 2.21. The van der Waals surface area contributed by atoms with Gasteiger partial charge in [0.25, 0.3) is 0 Å². The van der Waals surface area contributed by atoms with Crippen molar-refractivity contribution in [2.75, 3.05) is 19.0 Å². The van der Waals surface area contributed by atoms with Crippen molar-refractivity contribution < 1.29 is 26.7 Å². The average Bonchev–Trinajstić information content (AvgIpc) is 2.39. The van der Waals surface area contributed by atoms with Crippen molar-refractivity contribution in [3.63, 3.8) is 0 Å². The van der Waals surface area contributed by atoms with Crippen molar-refractivity contribution in [2.45, 2.75) is 16.7 Å². The number of rotatable bonds is 6. The number of hydrogen-bond acceptors (Lipinski definition) is 5. The Morgan fingerprint density at radius 2 is 2.05 bits per heavy atom. The maximum absolute atomic E-state index is 12.4. The van der Waals surface area contributed by atoms with Crippen LogP contribution in [0, 0.1) is 0 Å².